The molecule has 0 aliphatic heterocycles. The number of rotatable bonds is 3. The Bertz CT molecular complexity index is 338. The zero-order valence-corrected chi connectivity index (χ0v) is 9.89. The fourth-order valence-corrected chi connectivity index (χ4v) is 2.69. The van der Waals surface area contributed by atoms with Crippen molar-refractivity contribution >= 4 is 11.9 Å². The Labute approximate surface area is 101 Å². The lowest BCUT2D eigenvalue weighted by Crippen LogP contribution is -2.38. The van der Waals surface area contributed by atoms with Crippen molar-refractivity contribution in [2.75, 3.05) is 0 Å². The molecule has 2 N–H and O–H groups in total. The minimum atomic E-state index is -0.734. The van der Waals surface area contributed by atoms with Gasteiger partial charge in [-0.1, -0.05) is 12.2 Å². The first-order valence-corrected chi connectivity index (χ1v) is 6.35. The van der Waals surface area contributed by atoms with Crippen LogP contribution in [0.3, 0.4) is 0 Å². The summed E-state index contributed by atoms with van der Waals surface area (Å²) in [6.07, 6.45) is 8.95. The van der Waals surface area contributed by atoms with Crippen molar-refractivity contribution < 1.29 is 14.7 Å². The van der Waals surface area contributed by atoms with Gasteiger partial charge >= 0.3 is 5.97 Å². The SMILES string of the molecule is O=C(O)C1CCC(NC(=O)C2CC=CCC2)C1. The Morgan fingerprint density at radius 1 is 1.12 bits per heavy atom. The molecule has 94 valence electrons. The number of carbonyl (C=O) groups excluding carboxylic acids is 1. The highest BCUT2D eigenvalue weighted by Crippen LogP contribution is 2.26. The average Bonchev–Trinajstić information content (AvgIpc) is 2.79. The summed E-state index contributed by atoms with van der Waals surface area (Å²) in [5.41, 5.74) is 0. The van der Waals surface area contributed by atoms with Gasteiger partial charge in [0.1, 0.15) is 0 Å². The first-order valence-electron chi connectivity index (χ1n) is 6.35. The maximum Gasteiger partial charge on any atom is 0.306 e. The number of nitrogens with one attached hydrogen (secondary N) is 1. The lowest BCUT2D eigenvalue weighted by atomic mass is 9.93. The van der Waals surface area contributed by atoms with E-state index in [1.165, 1.54) is 0 Å². The van der Waals surface area contributed by atoms with Gasteiger partial charge < -0.3 is 10.4 Å². The fraction of sp³-hybridized carbons (Fsp3) is 0.692. The molecule has 0 spiro atoms. The summed E-state index contributed by atoms with van der Waals surface area (Å²) in [5, 5.41) is 11.9. The first-order chi connectivity index (χ1) is 8.16. The van der Waals surface area contributed by atoms with Gasteiger partial charge in [0.15, 0.2) is 0 Å². The Morgan fingerprint density at radius 2 is 1.94 bits per heavy atom. The number of allylic oxidation sites excluding steroid dienone is 2. The molecular weight excluding hydrogens is 218 g/mol. The average molecular weight is 237 g/mol. The van der Waals surface area contributed by atoms with E-state index in [0.717, 1.165) is 25.7 Å². The van der Waals surface area contributed by atoms with Gasteiger partial charge in [0.25, 0.3) is 0 Å². The molecule has 0 aromatic rings. The van der Waals surface area contributed by atoms with Crippen LogP contribution in [0.25, 0.3) is 0 Å². The van der Waals surface area contributed by atoms with Crippen LogP contribution < -0.4 is 5.32 Å². The molecule has 17 heavy (non-hydrogen) atoms. The second-order valence-electron chi connectivity index (χ2n) is 5.04. The van der Waals surface area contributed by atoms with Gasteiger partial charge in [-0.15, -0.1) is 0 Å². The van der Waals surface area contributed by atoms with E-state index in [4.69, 9.17) is 5.11 Å². The smallest absolute Gasteiger partial charge is 0.306 e. The van der Waals surface area contributed by atoms with Crippen LogP contribution in [0.15, 0.2) is 12.2 Å². The fourth-order valence-electron chi connectivity index (χ4n) is 2.69. The van der Waals surface area contributed by atoms with Crippen molar-refractivity contribution in [3.05, 3.63) is 12.2 Å². The molecule has 0 saturated heterocycles. The van der Waals surface area contributed by atoms with E-state index < -0.39 is 5.97 Å². The van der Waals surface area contributed by atoms with Crippen LogP contribution >= 0.6 is 0 Å². The summed E-state index contributed by atoms with van der Waals surface area (Å²) in [6.45, 7) is 0. The third-order valence-corrected chi connectivity index (χ3v) is 3.77. The molecule has 2 rings (SSSR count). The van der Waals surface area contributed by atoms with E-state index >= 15 is 0 Å². The van der Waals surface area contributed by atoms with Crippen LogP contribution in [0, 0.1) is 11.8 Å². The molecule has 2 aliphatic rings. The molecule has 1 fully saturated rings. The summed E-state index contributed by atoms with van der Waals surface area (Å²) in [7, 11) is 0. The lowest BCUT2D eigenvalue weighted by Gasteiger charge is -2.20. The minimum absolute atomic E-state index is 0.0644. The van der Waals surface area contributed by atoms with E-state index in [1.54, 1.807) is 0 Å². The number of hydrogen-bond acceptors (Lipinski definition) is 2. The molecule has 4 nitrogen and oxygen atoms in total. The van der Waals surface area contributed by atoms with Gasteiger partial charge in [-0.2, -0.15) is 0 Å². The van der Waals surface area contributed by atoms with Crippen molar-refractivity contribution in [2.24, 2.45) is 11.8 Å². The summed E-state index contributed by atoms with van der Waals surface area (Å²) in [4.78, 5) is 22.8. The molecule has 3 atom stereocenters. The molecule has 1 amide bonds. The van der Waals surface area contributed by atoms with Crippen LogP contribution in [0.1, 0.15) is 38.5 Å². The van der Waals surface area contributed by atoms with Crippen LogP contribution in [0.5, 0.6) is 0 Å². The van der Waals surface area contributed by atoms with Gasteiger partial charge in [-0.25, -0.2) is 0 Å². The van der Waals surface area contributed by atoms with Crippen LogP contribution in [-0.2, 0) is 9.59 Å². The first kappa shape index (κ1) is 12.1. The second-order valence-corrected chi connectivity index (χ2v) is 5.04. The number of carboxylic acids is 1. The molecule has 0 aromatic heterocycles. The van der Waals surface area contributed by atoms with E-state index in [2.05, 4.69) is 17.5 Å². The third-order valence-electron chi connectivity index (χ3n) is 3.77. The maximum atomic E-state index is 11.9. The molecule has 0 aromatic carbocycles. The van der Waals surface area contributed by atoms with Gasteiger partial charge in [0.05, 0.1) is 5.92 Å². The van der Waals surface area contributed by atoms with Crippen molar-refractivity contribution in [2.45, 2.75) is 44.6 Å². The standard InChI is InChI=1S/C13H19NO3/c15-12(9-4-2-1-3-5-9)14-11-7-6-10(8-11)13(16)17/h1-2,9-11H,3-8H2,(H,14,15)(H,16,17). The van der Waals surface area contributed by atoms with E-state index in [1.807, 2.05) is 0 Å². The Morgan fingerprint density at radius 3 is 2.53 bits per heavy atom. The zero-order valence-electron chi connectivity index (χ0n) is 9.89. The highest BCUT2D eigenvalue weighted by Gasteiger charge is 2.31. The molecule has 1 saturated carbocycles. The summed E-state index contributed by atoms with van der Waals surface area (Å²) < 4.78 is 0. The van der Waals surface area contributed by atoms with Crippen molar-refractivity contribution in [1.29, 1.82) is 0 Å². The molecular formula is C13H19NO3. The quantitative estimate of drug-likeness (QED) is 0.734. The topological polar surface area (TPSA) is 66.4 Å². The highest BCUT2D eigenvalue weighted by molar-refractivity contribution is 5.79. The van der Waals surface area contributed by atoms with Gasteiger partial charge in [-0.05, 0) is 38.5 Å². The molecule has 3 unspecified atom stereocenters. The van der Waals surface area contributed by atoms with Crippen LogP contribution in [0.2, 0.25) is 0 Å². The van der Waals surface area contributed by atoms with Gasteiger partial charge in [0, 0.05) is 12.0 Å². The maximum absolute atomic E-state index is 11.9. The Kier molecular flexibility index (Phi) is 3.82. The summed E-state index contributed by atoms with van der Waals surface area (Å²) in [6, 6.07) is 0.0644. The lowest BCUT2D eigenvalue weighted by molar-refractivity contribution is -0.141. The predicted octanol–water partition coefficient (Wildman–Crippen LogP) is 1.71. The number of carbonyl (C=O) groups is 2. The van der Waals surface area contributed by atoms with Gasteiger partial charge in [0.2, 0.25) is 5.91 Å². The highest BCUT2D eigenvalue weighted by atomic mass is 16.4. The number of aliphatic carboxylic acids is 1. The van der Waals surface area contributed by atoms with Crippen molar-refractivity contribution in [1.82, 2.24) is 5.32 Å². The largest absolute Gasteiger partial charge is 0.481 e. The normalized spacial score (nSPS) is 32.4. The van der Waals surface area contributed by atoms with Gasteiger partial charge in [-0.3, -0.25) is 9.59 Å². The van der Waals surface area contributed by atoms with Crippen LogP contribution in [-0.4, -0.2) is 23.0 Å². The second kappa shape index (κ2) is 5.34. The van der Waals surface area contributed by atoms with E-state index in [-0.39, 0.29) is 23.8 Å². The predicted molar refractivity (Wildman–Crippen MR) is 63.4 cm³/mol. The zero-order chi connectivity index (χ0) is 12.3. The molecule has 2 aliphatic carbocycles. The minimum Gasteiger partial charge on any atom is -0.481 e. The number of hydrogen-bond donors (Lipinski definition) is 2. The molecule has 0 bridgehead atoms. The molecule has 4 heteroatoms. The monoisotopic (exact) mass is 237 g/mol. The Hall–Kier alpha value is -1.32. The van der Waals surface area contributed by atoms with Crippen LogP contribution in [0.4, 0.5) is 0 Å². The third kappa shape index (κ3) is 3.08. The summed E-state index contributed by atoms with van der Waals surface area (Å²) >= 11 is 0. The van der Waals surface area contributed by atoms with Crippen molar-refractivity contribution in [3.8, 4) is 0 Å². The Balaban J connectivity index is 1.79. The molecule has 0 radical (unpaired) electrons. The molecule has 0 heterocycles. The van der Waals surface area contributed by atoms with E-state index in [9.17, 15) is 9.59 Å². The number of amides is 1. The van der Waals surface area contributed by atoms with E-state index in [0.29, 0.717) is 12.8 Å². The van der Waals surface area contributed by atoms with Crippen molar-refractivity contribution in [3.63, 3.8) is 0 Å². The summed E-state index contributed by atoms with van der Waals surface area (Å²) in [5.74, 6) is -0.817. The number of carboxylic acid groups (broad SMARTS) is 1.